The number of nitrogens with zero attached hydrogens (tertiary/aromatic N) is 1. The van der Waals surface area contributed by atoms with Gasteiger partial charge in [0.2, 0.25) is 5.91 Å². The summed E-state index contributed by atoms with van der Waals surface area (Å²) in [5, 5.41) is 4.99. The second kappa shape index (κ2) is 10.9. The van der Waals surface area contributed by atoms with E-state index in [0.29, 0.717) is 24.7 Å². The number of carbonyl (C=O) groups is 3. The lowest BCUT2D eigenvalue weighted by molar-refractivity contribution is -0.121. The maximum absolute atomic E-state index is 12.8. The number of Topliss-reactive ketones (excluding diaryl/α,β-unsaturated/α-hetero) is 1. The van der Waals surface area contributed by atoms with E-state index in [1.54, 1.807) is 12.1 Å². The molecule has 0 spiro atoms. The van der Waals surface area contributed by atoms with Crippen LogP contribution in [0.3, 0.4) is 0 Å². The Balaban J connectivity index is 1.42. The van der Waals surface area contributed by atoms with Crippen molar-refractivity contribution in [1.29, 1.82) is 0 Å². The molecule has 1 saturated heterocycles. The molecule has 2 N–H and O–H groups in total. The SMILES string of the molecule is CC(C)Cc1ccc(C(=O)C2CCN(CC(=O)NC(=O)Nc3ccccc3)CC2)cc1. The van der Waals surface area contributed by atoms with Crippen LogP contribution in [0.4, 0.5) is 10.5 Å². The molecule has 0 unspecified atom stereocenters. The molecule has 0 aromatic heterocycles. The van der Waals surface area contributed by atoms with E-state index in [9.17, 15) is 14.4 Å². The number of hydrogen-bond donors (Lipinski definition) is 2. The maximum atomic E-state index is 12.8. The fraction of sp³-hybridized carbons (Fsp3) is 0.400. The third-order valence-electron chi connectivity index (χ3n) is 5.49. The highest BCUT2D eigenvalue weighted by Crippen LogP contribution is 2.22. The van der Waals surface area contributed by atoms with Gasteiger partial charge >= 0.3 is 6.03 Å². The first-order chi connectivity index (χ1) is 14.9. The summed E-state index contributed by atoms with van der Waals surface area (Å²) in [6.45, 7) is 5.84. The lowest BCUT2D eigenvalue weighted by Gasteiger charge is -2.30. The number of para-hydroxylation sites is 1. The molecule has 2 aromatic carbocycles. The summed E-state index contributed by atoms with van der Waals surface area (Å²) >= 11 is 0. The Hall–Kier alpha value is -2.99. The number of benzene rings is 2. The molecular formula is C25H31N3O3. The lowest BCUT2D eigenvalue weighted by Crippen LogP contribution is -2.45. The number of rotatable bonds is 7. The Kier molecular flexibility index (Phi) is 7.95. The third-order valence-corrected chi connectivity index (χ3v) is 5.49. The molecule has 0 aliphatic carbocycles. The van der Waals surface area contributed by atoms with E-state index in [0.717, 1.165) is 24.8 Å². The van der Waals surface area contributed by atoms with Gasteiger partial charge < -0.3 is 5.32 Å². The molecule has 1 fully saturated rings. The summed E-state index contributed by atoms with van der Waals surface area (Å²) in [6.07, 6.45) is 2.45. The molecule has 2 aromatic rings. The molecule has 1 aliphatic rings. The fourth-order valence-corrected chi connectivity index (χ4v) is 3.92. The van der Waals surface area contributed by atoms with Crippen molar-refractivity contribution in [3.8, 4) is 0 Å². The van der Waals surface area contributed by atoms with Crippen molar-refractivity contribution in [2.24, 2.45) is 11.8 Å². The number of urea groups is 1. The molecule has 0 atom stereocenters. The molecular weight excluding hydrogens is 390 g/mol. The Morgan fingerprint density at radius 3 is 2.23 bits per heavy atom. The van der Waals surface area contributed by atoms with Gasteiger partial charge in [-0.05, 0) is 56.0 Å². The van der Waals surface area contributed by atoms with Crippen LogP contribution in [0.15, 0.2) is 54.6 Å². The highest BCUT2D eigenvalue weighted by Gasteiger charge is 2.27. The Bertz CT molecular complexity index is 886. The molecule has 3 amide bonds. The van der Waals surface area contributed by atoms with E-state index in [1.165, 1.54) is 5.56 Å². The van der Waals surface area contributed by atoms with Crippen molar-refractivity contribution >= 4 is 23.4 Å². The van der Waals surface area contributed by atoms with Gasteiger partial charge in [-0.2, -0.15) is 0 Å². The summed E-state index contributed by atoms with van der Waals surface area (Å²) < 4.78 is 0. The van der Waals surface area contributed by atoms with Crippen LogP contribution < -0.4 is 10.6 Å². The Morgan fingerprint density at radius 1 is 0.968 bits per heavy atom. The molecule has 0 bridgehead atoms. The van der Waals surface area contributed by atoms with Gasteiger partial charge in [-0.1, -0.05) is 56.3 Å². The predicted octanol–water partition coefficient (Wildman–Crippen LogP) is 4.13. The molecule has 3 rings (SSSR count). The summed E-state index contributed by atoms with van der Waals surface area (Å²) in [6, 6.07) is 16.4. The van der Waals surface area contributed by atoms with Crippen LogP contribution in [-0.4, -0.2) is 42.3 Å². The van der Waals surface area contributed by atoms with Crippen LogP contribution in [0, 0.1) is 11.8 Å². The first-order valence-corrected chi connectivity index (χ1v) is 10.9. The molecule has 0 saturated carbocycles. The minimum absolute atomic E-state index is 0.0170. The number of amides is 3. The predicted molar refractivity (Wildman–Crippen MR) is 122 cm³/mol. The number of piperidine rings is 1. The smallest absolute Gasteiger partial charge is 0.308 e. The largest absolute Gasteiger partial charge is 0.325 e. The molecule has 0 radical (unpaired) electrons. The van der Waals surface area contributed by atoms with Crippen LogP contribution >= 0.6 is 0 Å². The number of anilines is 1. The van der Waals surface area contributed by atoms with E-state index in [4.69, 9.17) is 0 Å². The van der Waals surface area contributed by atoms with E-state index in [1.807, 2.05) is 47.4 Å². The van der Waals surface area contributed by atoms with Crippen LogP contribution in [0.1, 0.15) is 42.6 Å². The number of likely N-dealkylation sites (tertiary alicyclic amines) is 1. The van der Waals surface area contributed by atoms with Crippen molar-refractivity contribution in [3.63, 3.8) is 0 Å². The van der Waals surface area contributed by atoms with Gasteiger partial charge in [-0.15, -0.1) is 0 Å². The number of imide groups is 1. The average molecular weight is 422 g/mol. The third kappa shape index (κ3) is 7.03. The summed E-state index contributed by atoms with van der Waals surface area (Å²) in [5.41, 5.74) is 2.65. The van der Waals surface area contributed by atoms with E-state index in [2.05, 4.69) is 24.5 Å². The average Bonchev–Trinajstić information content (AvgIpc) is 2.74. The molecule has 1 heterocycles. The Morgan fingerprint density at radius 2 is 1.61 bits per heavy atom. The fourth-order valence-electron chi connectivity index (χ4n) is 3.92. The highest BCUT2D eigenvalue weighted by atomic mass is 16.2. The molecule has 6 nitrogen and oxygen atoms in total. The van der Waals surface area contributed by atoms with Crippen LogP contribution in [0.25, 0.3) is 0 Å². The van der Waals surface area contributed by atoms with Crippen molar-refractivity contribution < 1.29 is 14.4 Å². The van der Waals surface area contributed by atoms with E-state index >= 15 is 0 Å². The second-order valence-electron chi connectivity index (χ2n) is 8.58. The number of ketones is 1. The van der Waals surface area contributed by atoms with Gasteiger partial charge in [0, 0.05) is 17.2 Å². The van der Waals surface area contributed by atoms with Gasteiger partial charge in [-0.25, -0.2) is 4.79 Å². The second-order valence-corrected chi connectivity index (χ2v) is 8.58. The number of hydrogen-bond acceptors (Lipinski definition) is 4. The van der Waals surface area contributed by atoms with Crippen molar-refractivity contribution in [2.45, 2.75) is 33.1 Å². The minimum Gasteiger partial charge on any atom is -0.308 e. The summed E-state index contributed by atoms with van der Waals surface area (Å²) in [7, 11) is 0. The maximum Gasteiger partial charge on any atom is 0.325 e. The first kappa shape index (κ1) is 22.7. The zero-order chi connectivity index (χ0) is 22.2. The van der Waals surface area contributed by atoms with Gasteiger partial charge in [0.05, 0.1) is 6.54 Å². The van der Waals surface area contributed by atoms with E-state index < -0.39 is 6.03 Å². The Labute approximate surface area is 184 Å². The van der Waals surface area contributed by atoms with Gasteiger partial charge in [0.1, 0.15) is 0 Å². The standard InChI is InChI=1S/C25H31N3O3/c1-18(2)16-19-8-10-20(11-9-19)24(30)21-12-14-28(15-13-21)17-23(29)27-25(31)26-22-6-4-3-5-7-22/h3-11,18,21H,12-17H2,1-2H3,(H2,26,27,29,31). The molecule has 164 valence electrons. The molecule has 6 heteroatoms. The number of carbonyl (C=O) groups excluding carboxylic acids is 3. The van der Waals surface area contributed by atoms with Crippen molar-refractivity contribution in [2.75, 3.05) is 25.0 Å². The van der Waals surface area contributed by atoms with Crippen molar-refractivity contribution in [1.82, 2.24) is 10.2 Å². The zero-order valence-corrected chi connectivity index (χ0v) is 18.3. The summed E-state index contributed by atoms with van der Waals surface area (Å²) in [4.78, 5) is 38.9. The van der Waals surface area contributed by atoms with E-state index in [-0.39, 0.29) is 24.2 Å². The van der Waals surface area contributed by atoms with Gasteiger partial charge in [-0.3, -0.25) is 19.8 Å². The number of nitrogens with one attached hydrogen (secondary N) is 2. The first-order valence-electron chi connectivity index (χ1n) is 10.9. The van der Waals surface area contributed by atoms with Crippen LogP contribution in [0.2, 0.25) is 0 Å². The monoisotopic (exact) mass is 421 g/mol. The highest BCUT2D eigenvalue weighted by molar-refractivity contribution is 6.01. The summed E-state index contributed by atoms with van der Waals surface area (Å²) in [5.74, 6) is 0.408. The molecule has 31 heavy (non-hydrogen) atoms. The zero-order valence-electron chi connectivity index (χ0n) is 18.3. The quantitative estimate of drug-likeness (QED) is 0.659. The van der Waals surface area contributed by atoms with Gasteiger partial charge in [0.25, 0.3) is 0 Å². The topological polar surface area (TPSA) is 78.5 Å². The van der Waals surface area contributed by atoms with Crippen molar-refractivity contribution in [3.05, 3.63) is 65.7 Å². The molecule has 1 aliphatic heterocycles. The van der Waals surface area contributed by atoms with Crippen LogP contribution in [0.5, 0.6) is 0 Å². The lowest BCUT2D eigenvalue weighted by atomic mass is 9.88. The minimum atomic E-state index is -0.540. The van der Waals surface area contributed by atoms with Crippen LogP contribution in [-0.2, 0) is 11.2 Å². The van der Waals surface area contributed by atoms with Gasteiger partial charge in [0.15, 0.2) is 5.78 Å². The normalized spacial score (nSPS) is 14.9.